The van der Waals surface area contributed by atoms with Crippen molar-refractivity contribution in [1.82, 2.24) is 10.3 Å². The topological polar surface area (TPSA) is 34.1 Å². The molecule has 1 aromatic rings. The average molecular weight is 313 g/mol. The Morgan fingerprint density at radius 3 is 3.00 bits per heavy atom. The minimum atomic E-state index is 0.371. The number of pyridine rings is 1. The summed E-state index contributed by atoms with van der Waals surface area (Å²) in [6.07, 6.45) is 4.81. The van der Waals surface area contributed by atoms with Crippen molar-refractivity contribution in [2.75, 3.05) is 30.4 Å². The molecule has 0 saturated carbocycles. The quantitative estimate of drug-likeness (QED) is 0.835. The van der Waals surface area contributed by atoms with Crippen molar-refractivity contribution >= 4 is 23.5 Å². The van der Waals surface area contributed by atoms with Crippen LogP contribution >= 0.6 is 23.5 Å². The van der Waals surface area contributed by atoms with Crippen LogP contribution in [-0.4, -0.2) is 40.6 Å². The van der Waals surface area contributed by atoms with Crippen LogP contribution in [0.1, 0.15) is 31.9 Å². The van der Waals surface area contributed by atoms with Crippen molar-refractivity contribution in [3.8, 4) is 5.75 Å². The van der Waals surface area contributed by atoms with Crippen molar-refractivity contribution < 1.29 is 4.74 Å². The van der Waals surface area contributed by atoms with Gasteiger partial charge >= 0.3 is 0 Å². The summed E-state index contributed by atoms with van der Waals surface area (Å²) in [5.74, 6) is 4.62. The first-order valence-corrected chi connectivity index (χ1v) is 9.56. The minimum Gasteiger partial charge on any atom is -0.492 e. The van der Waals surface area contributed by atoms with Gasteiger partial charge in [-0.25, -0.2) is 0 Å². The van der Waals surface area contributed by atoms with Gasteiger partial charge in [-0.3, -0.25) is 4.98 Å². The van der Waals surface area contributed by atoms with Crippen LogP contribution in [-0.2, 0) is 0 Å². The number of rotatable bonds is 7. The SMILES string of the molecule is CCCOc1cncc(C(NCC)C2CSCCS2)c1. The zero-order chi connectivity index (χ0) is 14.2. The van der Waals surface area contributed by atoms with E-state index in [-0.39, 0.29) is 0 Å². The summed E-state index contributed by atoms with van der Waals surface area (Å²) in [6.45, 7) is 6.02. The lowest BCUT2D eigenvalue weighted by Crippen LogP contribution is -2.33. The molecule has 20 heavy (non-hydrogen) atoms. The van der Waals surface area contributed by atoms with Gasteiger partial charge in [0, 0.05) is 34.7 Å². The van der Waals surface area contributed by atoms with Crippen LogP contribution in [0.3, 0.4) is 0 Å². The molecule has 2 unspecified atom stereocenters. The molecule has 2 rings (SSSR count). The van der Waals surface area contributed by atoms with Gasteiger partial charge in [-0.15, -0.1) is 0 Å². The van der Waals surface area contributed by atoms with Crippen LogP contribution in [0.25, 0.3) is 0 Å². The molecule has 1 aliphatic heterocycles. The fourth-order valence-electron chi connectivity index (χ4n) is 2.29. The normalized spacial score (nSPS) is 20.6. The summed E-state index contributed by atoms with van der Waals surface area (Å²) >= 11 is 4.14. The van der Waals surface area contributed by atoms with Gasteiger partial charge in [0.05, 0.1) is 12.8 Å². The van der Waals surface area contributed by atoms with Crippen LogP contribution in [0.4, 0.5) is 0 Å². The summed E-state index contributed by atoms with van der Waals surface area (Å²) in [5.41, 5.74) is 1.25. The first-order valence-electron chi connectivity index (χ1n) is 7.35. The van der Waals surface area contributed by atoms with Crippen molar-refractivity contribution in [1.29, 1.82) is 0 Å². The van der Waals surface area contributed by atoms with E-state index in [1.165, 1.54) is 22.8 Å². The van der Waals surface area contributed by atoms with E-state index in [0.717, 1.165) is 25.3 Å². The number of thioether (sulfide) groups is 2. The van der Waals surface area contributed by atoms with Gasteiger partial charge in [0.1, 0.15) is 5.75 Å². The first-order chi connectivity index (χ1) is 9.85. The van der Waals surface area contributed by atoms with Gasteiger partial charge in [0.25, 0.3) is 0 Å². The lowest BCUT2D eigenvalue weighted by atomic mass is 10.1. The van der Waals surface area contributed by atoms with Crippen molar-refractivity contribution in [3.05, 3.63) is 24.0 Å². The highest BCUT2D eigenvalue weighted by molar-refractivity contribution is 8.06. The Bertz CT molecular complexity index is 397. The molecule has 0 bridgehead atoms. The minimum absolute atomic E-state index is 0.371. The number of ether oxygens (including phenoxy) is 1. The molecule has 0 radical (unpaired) electrons. The van der Waals surface area contributed by atoms with E-state index in [9.17, 15) is 0 Å². The Kier molecular flexibility index (Phi) is 7.03. The lowest BCUT2D eigenvalue weighted by molar-refractivity contribution is 0.315. The standard InChI is InChI=1S/C15H24N2OS2/c1-3-5-18-13-8-12(9-16-10-13)15(17-4-2)14-11-19-6-7-20-14/h8-10,14-15,17H,3-7,11H2,1-2H3. The monoisotopic (exact) mass is 312 g/mol. The number of hydrogen-bond acceptors (Lipinski definition) is 5. The largest absolute Gasteiger partial charge is 0.492 e. The molecule has 1 fully saturated rings. The molecular weight excluding hydrogens is 288 g/mol. The molecule has 1 aromatic heterocycles. The highest BCUT2D eigenvalue weighted by Gasteiger charge is 2.25. The summed E-state index contributed by atoms with van der Waals surface area (Å²) in [5, 5.41) is 4.24. The molecule has 2 atom stereocenters. The molecule has 1 N–H and O–H groups in total. The number of nitrogens with one attached hydrogen (secondary N) is 1. The molecular formula is C15H24N2OS2. The number of nitrogens with zero attached hydrogens (tertiary/aromatic N) is 1. The maximum Gasteiger partial charge on any atom is 0.137 e. The molecule has 0 aliphatic carbocycles. The van der Waals surface area contributed by atoms with E-state index < -0.39 is 0 Å². The van der Waals surface area contributed by atoms with Crippen LogP contribution in [0.2, 0.25) is 0 Å². The van der Waals surface area contributed by atoms with Gasteiger partial charge in [-0.05, 0) is 24.6 Å². The highest BCUT2D eigenvalue weighted by atomic mass is 32.2. The summed E-state index contributed by atoms with van der Waals surface area (Å²) in [7, 11) is 0. The van der Waals surface area contributed by atoms with Gasteiger partial charge in [-0.1, -0.05) is 13.8 Å². The first kappa shape index (κ1) is 16.0. The molecule has 1 saturated heterocycles. The van der Waals surface area contributed by atoms with Crippen molar-refractivity contribution in [2.24, 2.45) is 0 Å². The third kappa shape index (κ3) is 4.57. The van der Waals surface area contributed by atoms with Crippen molar-refractivity contribution in [2.45, 2.75) is 31.6 Å². The fourth-order valence-corrected chi connectivity index (χ4v) is 5.16. The molecule has 1 aliphatic rings. The lowest BCUT2D eigenvalue weighted by Gasteiger charge is -2.30. The van der Waals surface area contributed by atoms with Gasteiger partial charge in [-0.2, -0.15) is 23.5 Å². The van der Waals surface area contributed by atoms with E-state index in [2.05, 4.69) is 53.7 Å². The Morgan fingerprint density at radius 1 is 1.40 bits per heavy atom. The molecule has 0 amide bonds. The van der Waals surface area contributed by atoms with Crippen LogP contribution in [0, 0.1) is 0 Å². The molecule has 0 spiro atoms. The number of aromatic nitrogens is 1. The summed E-state index contributed by atoms with van der Waals surface area (Å²) in [4.78, 5) is 4.35. The molecule has 0 aromatic carbocycles. The van der Waals surface area contributed by atoms with Gasteiger partial charge < -0.3 is 10.1 Å². The van der Waals surface area contributed by atoms with E-state index in [1.807, 2.05) is 12.4 Å². The molecule has 2 heterocycles. The third-order valence-corrected chi connectivity index (χ3v) is 6.07. The van der Waals surface area contributed by atoms with Crippen molar-refractivity contribution in [3.63, 3.8) is 0 Å². The smallest absolute Gasteiger partial charge is 0.137 e. The van der Waals surface area contributed by atoms with E-state index >= 15 is 0 Å². The van der Waals surface area contributed by atoms with Crippen LogP contribution < -0.4 is 10.1 Å². The maximum absolute atomic E-state index is 5.71. The Labute approximate surface area is 130 Å². The zero-order valence-electron chi connectivity index (χ0n) is 12.3. The zero-order valence-corrected chi connectivity index (χ0v) is 13.9. The number of hydrogen-bond donors (Lipinski definition) is 1. The van der Waals surface area contributed by atoms with E-state index in [4.69, 9.17) is 4.74 Å². The Balaban J connectivity index is 2.10. The second-order valence-electron chi connectivity index (χ2n) is 4.82. The fraction of sp³-hybridized carbons (Fsp3) is 0.667. The van der Waals surface area contributed by atoms with E-state index in [0.29, 0.717) is 11.3 Å². The second kappa shape index (κ2) is 8.80. The Morgan fingerprint density at radius 2 is 2.30 bits per heavy atom. The van der Waals surface area contributed by atoms with Gasteiger partial charge in [0.15, 0.2) is 0 Å². The molecule has 3 nitrogen and oxygen atoms in total. The predicted octanol–water partition coefficient (Wildman–Crippen LogP) is 3.37. The van der Waals surface area contributed by atoms with Gasteiger partial charge in [0.2, 0.25) is 0 Å². The summed E-state index contributed by atoms with van der Waals surface area (Å²) in [6, 6.07) is 2.52. The van der Waals surface area contributed by atoms with Crippen LogP contribution in [0.5, 0.6) is 5.75 Å². The Hall–Kier alpha value is -0.390. The average Bonchev–Trinajstić information content (AvgIpc) is 2.52. The highest BCUT2D eigenvalue weighted by Crippen LogP contribution is 2.34. The van der Waals surface area contributed by atoms with Crippen LogP contribution in [0.15, 0.2) is 18.5 Å². The predicted molar refractivity (Wildman–Crippen MR) is 90.0 cm³/mol. The third-order valence-electron chi connectivity index (χ3n) is 3.20. The second-order valence-corrected chi connectivity index (χ2v) is 7.32. The molecule has 112 valence electrons. The maximum atomic E-state index is 5.71. The molecule has 5 heteroatoms. The van der Waals surface area contributed by atoms with E-state index in [1.54, 1.807) is 0 Å². The summed E-state index contributed by atoms with van der Waals surface area (Å²) < 4.78 is 5.71.